The SMILES string of the molecule is CCOC(=O)Cc1nn(CCc2ccccc2)c(=O)c2ccccc12. The van der Waals surface area contributed by atoms with Crippen LogP contribution in [0.25, 0.3) is 10.8 Å². The lowest BCUT2D eigenvalue weighted by Gasteiger charge is -2.11. The average molecular weight is 336 g/mol. The maximum absolute atomic E-state index is 12.7. The zero-order chi connectivity index (χ0) is 17.6. The average Bonchev–Trinajstić information content (AvgIpc) is 2.64. The Labute approximate surface area is 145 Å². The van der Waals surface area contributed by atoms with Crippen LogP contribution in [-0.4, -0.2) is 22.4 Å². The quantitative estimate of drug-likeness (QED) is 0.650. The van der Waals surface area contributed by atoms with Crippen molar-refractivity contribution < 1.29 is 9.53 Å². The smallest absolute Gasteiger partial charge is 0.311 e. The van der Waals surface area contributed by atoms with E-state index in [4.69, 9.17) is 4.74 Å². The molecule has 0 aliphatic heterocycles. The van der Waals surface area contributed by atoms with Gasteiger partial charge in [0.1, 0.15) is 0 Å². The fourth-order valence-electron chi connectivity index (χ4n) is 2.82. The molecule has 2 aromatic carbocycles. The molecule has 0 atom stereocenters. The van der Waals surface area contributed by atoms with Crippen molar-refractivity contribution in [2.24, 2.45) is 0 Å². The van der Waals surface area contributed by atoms with E-state index in [0.717, 1.165) is 5.56 Å². The van der Waals surface area contributed by atoms with Crippen LogP contribution in [-0.2, 0) is 28.9 Å². The van der Waals surface area contributed by atoms with Crippen molar-refractivity contribution in [3.63, 3.8) is 0 Å². The molecule has 128 valence electrons. The molecule has 0 spiro atoms. The van der Waals surface area contributed by atoms with E-state index < -0.39 is 0 Å². The minimum atomic E-state index is -0.339. The molecule has 0 radical (unpaired) electrons. The number of aryl methyl sites for hydroxylation is 2. The number of aromatic nitrogens is 2. The van der Waals surface area contributed by atoms with Crippen LogP contribution in [0.5, 0.6) is 0 Å². The molecule has 0 bridgehead atoms. The van der Waals surface area contributed by atoms with Crippen LogP contribution in [0.1, 0.15) is 18.2 Å². The summed E-state index contributed by atoms with van der Waals surface area (Å²) in [5.74, 6) is -0.339. The number of hydrogen-bond donors (Lipinski definition) is 0. The Morgan fingerprint density at radius 3 is 2.44 bits per heavy atom. The van der Waals surface area contributed by atoms with Gasteiger partial charge in [-0.2, -0.15) is 5.10 Å². The van der Waals surface area contributed by atoms with Crippen molar-refractivity contribution in [2.75, 3.05) is 6.61 Å². The summed E-state index contributed by atoms with van der Waals surface area (Å²) in [7, 11) is 0. The van der Waals surface area contributed by atoms with Crippen LogP contribution in [0.3, 0.4) is 0 Å². The van der Waals surface area contributed by atoms with E-state index >= 15 is 0 Å². The van der Waals surface area contributed by atoms with Crippen molar-refractivity contribution in [3.05, 3.63) is 76.2 Å². The fourth-order valence-corrected chi connectivity index (χ4v) is 2.82. The lowest BCUT2D eigenvalue weighted by atomic mass is 10.1. The van der Waals surface area contributed by atoms with Gasteiger partial charge in [-0.25, -0.2) is 4.68 Å². The van der Waals surface area contributed by atoms with Gasteiger partial charge in [-0.1, -0.05) is 48.5 Å². The lowest BCUT2D eigenvalue weighted by molar-refractivity contribution is -0.142. The summed E-state index contributed by atoms with van der Waals surface area (Å²) in [5.41, 5.74) is 1.57. The molecule has 0 N–H and O–H groups in total. The number of benzene rings is 2. The topological polar surface area (TPSA) is 61.2 Å². The zero-order valence-electron chi connectivity index (χ0n) is 14.1. The summed E-state index contributed by atoms with van der Waals surface area (Å²) in [5, 5.41) is 5.72. The Morgan fingerprint density at radius 2 is 1.72 bits per heavy atom. The van der Waals surface area contributed by atoms with Crippen molar-refractivity contribution in [1.82, 2.24) is 9.78 Å². The van der Waals surface area contributed by atoms with E-state index in [9.17, 15) is 9.59 Å². The summed E-state index contributed by atoms with van der Waals surface area (Å²) in [6.45, 7) is 2.55. The van der Waals surface area contributed by atoms with Gasteiger partial charge < -0.3 is 4.74 Å². The standard InChI is InChI=1S/C20H20N2O3/c1-2-25-19(23)14-18-16-10-6-7-11-17(16)20(24)22(21-18)13-12-15-8-4-3-5-9-15/h3-11H,2,12-14H2,1H3. The summed E-state index contributed by atoms with van der Waals surface area (Å²) in [6, 6.07) is 17.2. The van der Waals surface area contributed by atoms with Crippen LogP contribution in [0.4, 0.5) is 0 Å². The molecule has 0 unspecified atom stereocenters. The number of hydrogen-bond acceptors (Lipinski definition) is 4. The number of fused-ring (bicyclic) bond motifs is 1. The molecular formula is C20H20N2O3. The van der Waals surface area contributed by atoms with Gasteiger partial charge in [-0.3, -0.25) is 9.59 Å². The van der Waals surface area contributed by atoms with E-state index in [1.165, 1.54) is 4.68 Å². The Kier molecular flexibility index (Phi) is 5.23. The number of ether oxygens (including phenoxy) is 1. The lowest BCUT2D eigenvalue weighted by Crippen LogP contribution is -2.26. The van der Waals surface area contributed by atoms with Crippen molar-refractivity contribution in [3.8, 4) is 0 Å². The molecule has 3 rings (SSSR count). The number of carbonyl (C=O) groups excluding carboxylic acids is 1. The summed E-state index contributed by atoms with van der Waals surface area (Å²) in [6.07, 6.45) is 0.755. The normalized spacial score (nSPS) is 10.8. The van der Waals surface area contributed by atoms with E-state index in [2.05, 4.69) is 5.10 Å². The molecule has 0 fully saturated rings. The molecular weight excluding hydrogens is 316 g/mol. The number of rotatable bonds is 6. The number of nitrogens with zero attached hydrogens (tertiary/aromatic N) is 2. The summed E-state index contributed by atoms with van der Waals surface area (Å²) >= 11 is 0. The highest BCUT2D eigenvalue weighted by Crippen LogP contribution is 2.14. The first-order valence-electron chi connectivity index (χ1n) is 8.37. The van der Waals surface area contributed by atoms with Gasteiger partial charge in [0, 0.05) is 11.9 Å². The molecule has 0 saturated carbocycles. The van der Waals surface area contributed by atoms with Crippen molar-refractivity contribution >= 4 is 16.7 Å². The van der Waals surface area contributed by atoms with Crippen LogP contribution in [0.15, 0.2) is 59.4 Å². The number of carbonyl (C=O) groups is 1. The molecule has 1 heterocycles. The Morgan fingerprint density at radius 1 is 1.04 bits per heavy atom. The van der Waals surface area contributed by atoms with Gasteiger partial charge in [0.2, 0.25) is 0 Å². The predicted octanol–water partition coefficient (Wildman–Crippen LogP) is 2.74. The van der Waals surface area contributed by atoms with Gasteiger partial charge in [-0.05, 0) is 25.0 Å². The highest BCUT2D eigenvalue weighted by atomic mass is 16.5. The second-order valence-electron chi connectivity index (χ2n) is 5.74. The van der Waals surface area contributed by atoms with Crippen LogP contribution in [0.2, 0.25) is 0 Å². The maximum Gasteiger partial charge on any atom is 0.311 e. The van der Waals surface area contributed by atoms with Gasteiger partial charge in [0.15, 0.2) is 0 Å². The Hall–Kier alpha value is -2.95. The van der Waals surface area contributed by atoms with Crippen LogP contribution < -0.4 is 5.56 Å². The first-order valence-corrected chi connectivity index (χ1v) is 8.37. The second-order valence-corrected chi connectivity index (χ2v) is 5.74. The van der Waals surface area contributed by atoms with E-state index in [1.807, 2.05) is 48.5 Å². The molecule has 5 heteroatoms. The maximum atomic E-state index is 12.7. The summed E-state index contributed by atoms with van der Waals surface area (Å²) in [4.78, 5) is 24.6. The minimum Gasteiger partial charge on any atom is -0.466 e. The fraction of sp³-hybridized carbons (Fsp3) is 0.250. The zero-order valence-corrected chi connectivity index (χ0v) is 14.1. The molecule has 0 amide bonds. The van der Waals surface area contributed by atoms with E-state index in [1.54, 1.807) is 13.0 Å². The van der Waals surface area contributed by atoms with E-state index in [-0.39, 0.29) is 17.9 Å². The third-order valence-corrected chi connectivity index (χ3v) is 4.02. The third kappa shape index (κ3) is 3.94. The molecule has 3 aromatic rings. The van der Waals surface area contributed by atoms with Gasteiger partial charge in [0.25, 0.3) is 5.56 Å². The van der Waals surface area contributed by atoms with Gasteiger partial charge in [-0.15, -0.1) is 0 Å². The first-order chi connectivity index (χ1) is 12.2. The highest BCUT2D eigenvalue weighted by molar-refractivity contribution is 5.86. The number of esters is 1. The van der Waals surface area contributed by atoms with Crippen molar-refractivity contribution in [1.29, 1.82) is 0 Å². The molecule has 0 aliphatic rings. The second kappa shape index (κ2) is 7.75. The Bertz CT molecular complexity index is 933. The van der Waals surface area contributed by atoms with Crippen molar-refractivity contribution in [2.45, 2.75) is 26.3 Å². The minimum absolute atomic E-state index is 0.0555. The van der Waals surface area contributed by atoms with Gasteiger partial charge >= 0.3 is 5.97 Å². The molecule has 25 heavy (non-hydrogen) atoms. The summed E-state index contributed by atoms with van der Waals surface area (Å²) < 4.78 is 6.48. The van der Waals surface area contributed by atoms with Crippen LogP contribution in [0, 0.1) is 0 Å². The third-order valence-electron chi connectivity index (χ3n) is 4.02. The molecule has 0 saturated heterocycles. The molecule has 5 nitrogen and oxygen atoms in total. The van der Waals surface area contributed by atoms with E-state index in [0.29, 0.717) is 36.0 Å². The molecule has 0 aliphatic carbocycles. The largest absolute Gasteiger partial charge is 0.466 e. The van der Waals surface area contributed by atoms with Gasteiger partial charge in [0.05, 0.1) is 24.1 Å². The van der Waals surface area contributed by atoms with Crippen LogP contribution >= 0.6 is 0 Å². The first kappa shape index (κ1) is 16.9. The monoisotopic (exact) mass is 336 g/mol. The molecule has 1 aromatic heterocycles. The predicted molar refractivity (Wildman–Crippen MR) is 96.5 cm³/mol. The highest BCUT2D eigenvalue weighted by Gasteiger charge is 2.14. The Balaban J connectivity index is 1.96.